The quantitative estimate of drug-likeness (QED) is 0.127. The molecule has 0 aromatic rings. The van der Waals surface area contributed by atoms with Crippen molar-refractivity contribution in [1.82, 2.24) is 0 Å². The second-order valence-electron chi connectivity index (χ2n) is 5.45. The minimum absolute atomic E-state index is 0.126. The molecule has 1 aliphatic heterocycles. The van der Waals surface area contributed by atoms with Gasteiger partial charge in [-0.3, -0.25) is 0 Å². The van der Waals surface area contributed by atoms with Crippen molar-refractivity contribution in [2.75, 3.05) is 13.2 Å². The topological polar surface area (TPSA) is 205 Å². The molecular formula is C11H23O11SSe+. The molecular weight excluding hydrogens is 419 g/mol. The predicted molar refractivity (Wildman–Crippen MR) is 79.7 cm³/mol. The molecule has 1 aliphatic rings. The fourth-order valence-corrected chi connectivity index (χ4v) is 8.57. The summed E-state index contributed by atoms with van der Waals surface area (Å²) in [4.78, 5) is -0.666. The van der Waals surface area contributed by atoms with Crippen LogP contribution in [0.25, 0.3) is 0 Å². The van der Waals surface area contributed by atoms with Crippen LogP contribution in [-0.2, 0) is 14.6 Å². The average molecular weight is 442 g/mol. The van der Waals surface area contributed by atoms with Gasteiger partial charge >= 0.3 is 142 Å². The maximum atomic E-state index is 10.9. The molecule has 1 saturated heterocycles. The van der Waals surface area contributed by atoms with Crippen LogP contribution >= 0.6 is 0 Å². The van der Waals surface area contributed by atoms with Gasteiger partial charge in [0.25, 0.3) is 0 Å². The summed E-state index contributed by atoms with van der Waals surface area (Å²) >= 11 is -2.03. The molecule has 8 N–H and O–H groups in total. The third-order valence-electron chi connectivity index (χ3n) is 3.68. The normalized spacial score (nSPS) is 33.2. The molecule has 0 aliphatic carbocycles. The summed E-state index contributed by atoms with van der Waals surface area (Å²) in [6.45, 7) is -1.39. The molecule has 1 fully saturated rings. The first-order valence-corrected chi connectivity index (χ1v) is 11.7. The minimum atomic E-state index is -5.08. The summed E-state index contributed by atoms with van der Waals surface area (Å²) in [5.74, 6) is 0. The summed E-state index contributed by atoms with van der Waals surface area (Å²) in [5.41, 5.74) is 0. The van der Waals surface area contributed by atoms with Crippen molar-refractivity contribution >= 4 is 24.3 Å². The van der Waals surface area contributed by atoms with Gasteiger partial charge in [0.1, 0.15) is 0 Å². The maximum absolute atomic E-state index is 10.9. The second-order valence-corrected chi connectivity index (χ2v) is 11.4. The zero-order valence-electron chi connectivity index (χ0n) is 12.5. The molecule has 0 bridgehead atoms. The summed E-state index contributed by atoms with van der Waals surface area (Å²) < 4.78 is 34.7. The van der Waals surface area contributed by atoms with Crippen LogP contribution in [0.15, 0.2) is 0 Å². The second kappa shape index (κ2) is 9.16. The summed E-state index contributed by atoms with van der Waals surface area (Å²) in [5, 5.41) is 66.8. The molecule has 0 radical (unpaired) electrons. The van der Waals surface area contributed by atoms with E-state index < -0.39 is 79.0 Å². The van der Waals surface area contributed by atoms with Crippen LogP contribution in [0.4, 0.5) is 0 Å². The molecule has 8 atom stereocenters. The van der Waals surface area contributed by atoms with Crippen molar-refractivity contribution in [3.63, 3.8) is 0 Å². The number of aliphatic hydroxyl groups excluding tert-OH is 7. The van der Waals surface area contributed by atoms with Gasteiger partial charge in [0.2, 0.25) is 0 Å². The fourth-order valence-electron chi connectivity index (χ4n) is 2.42. The third-order valence-corrected chi connectivity index (χ3v) is 10.1. The van der Waals surface area contributed by atoms with E-state index in [1.54, 1.807) is 0 Å². The summed E-state index contributed by atoms with van der Waals surface area (Å²) in [7, 11) is -5.08. The molecule has 1 heterocycles. The van der Waals surface area contributed by atoms with Crippen molar-refractivity contribution in [3.05, 3.63) is 0 Å². The van der Waals surface area contributed by atoms with Gasteiger partial charge in [-0.05, 0) is 0 Å². The van der Waals surface area contributed by atoms with Crippen molar-refractivity contribution in [2.24, 2.45) is 0 Å². The first-order valence-electron chi connectivity index (χ1n) is 6.95. The summed E-state index contributed by atoms with van der Waals surface area (Å²) in [6.07, 6.45) is -9.80. The molecule has 13 heteroatoms. The van der Waals surface area contributed by atoms with Crippen molar-refractivity contribution in [3.8, 4) is 0 Å². The Morgan fingerprint density at radius 1 is 1.12 bits per heavy atom. The van der Waals surface area contributed by atoms with E-state index in [9.17, 15) is 39.1 Å². The van der Waals surface area contributed by atoms with Crippen LogP contribution in [0, 0.1) is 0 Å². The van der Waals surface area contributed by atoms with E-state index in [0.29, 0.717) is 0 Å². The van der Waals surface area contributed by atoms with Crippen LogP contribution in [-0.4, -0.2) is 112 Å². The predicted octanol–water partition coefficient (Wildman–Crippen LogP) is -4.16. The van der Waals surface area contributed by atoms with Gasteiger partial charge in [-0.2, -0.15) is 0 Å². The van der Waals surface area contributed by atoms with Crippen molar-refractivity contribution in [1.29, 1.82) is 0 Å². The average Bonchev–Trinajstić information content (AvgIpc) is 2.76. The molecule has 0 spiro atoms. The molecule has 1 unspecified atom stereocenters. The zero-order chi connectivity index (χ0) is 18.7. The van der Waals surface area contributed by atoms with E-state index in [1.165, 1.54) is 0 Å². The van der Waals surface area contributed by atoms with E-state index >= 15 is 0 Å². The Morgan fingerprint density at radius 3 is 2.17 bits per heavy atom. The van der Waals surface area contributed by atoms with E-state index in [2.05, 4.69) is 4.18 Å². The fraction of sp³-hybridized carbons (Fsp3) is 1.00. The van der Waals surface area contributed by atoms with Crippen LogP contribution in [0.2, 0.25) is 15.5 Å². The number of rotatable bonds is 9. The molecule has 144 valence electrons. The van der Waals surface area contributed by atoms with Gasteiger partial charge in [-0.15, -0.1) is 0 Å². The molecule has 0 amide bonds. The van der Waals surface area contributed by atoms with Crippen LogP contribution in [0.1, 0.15) is 0 Å². The van der Waals surface area contributed by atoms with Gasteiger partial charge in [0, 0.05) is 0 Å². The molecule has 1 rings (SSSR count). The Balaban J connectivity index is 2.89. The van der Waals surface area contributed by atoms with Gasteiger partial charge in [-0.1, -0.05) is 0 Å². The number of hydrogen-bond acceptors (Lipinski definition) is 10. The van der Waals surface area contributed by atoms with E-state index in [-0.39, 0.29) is 10.6 Å². The summed E-state index contributed by atoms with van der Waals surface area (Å²) in [6, 6.07) is 0. The standard InChI is InChI=1S/C11H22O11SSe/c12-1-5(14)10(18)11(22-23(19,20)21)7(16)4-24-3-6(15)9(17)8(24)2-13/h5-18H,1-4H2/p+1/t5-,6-,7+,8-,9+,10-,11-,24?/m1/s1. The molecule has 24 heavy (non-hydrogen) atoms. The molecule has 0 aromatic carbocycles. The van der Waals surface area contributed by atoms with Crippen molar-refractivity contribution in [2.45, 2.75) is 52.1 Å². The van der Waals surface area contributed by atoms with E-state index in [4.69, 9.17) is 9.66 Å². The van der Waals surface area contributed by atoms with Crippen LogP contribution < -0.4 is 0 Å². The van der Waals surface area contributed by atoms with E-state index in [1.807, 2.05) is 0 Å². The van der Waals surface area contributed by atoms with Crippen LogP contribution in [0.3, 0.4) is 0 Å². The van der Waals surface area contributed by atoms with Gasteiger partial charge in [0.15, 0.2) is 0 Å². The van der Waals surface area contributed by atoms with Gasteiger partial charge < -0.3 is 0 Å². The molecule has 0 aromatic heterocycles. The SMILES string of the molecule is O=S(=O)(O)O[C@@H]([C@H](O)[C@H](O)CO)[C@@H](O)C[Se+]1C[C@@H](O)[C@H](O)[C@H]1CO. The monoisotopic (exact) mass is 443 g/mol. The molecule has 11 nitrogen and oxygen atoms in total. The van der Waals surface area contributed by atoms with Crippen molar-refractivity contribution < 1.29 is 52.9 Å². The molecule has 0 saturated carbocycles. The van der Waals surface area contributed by atoms with Gasteiger partial charge in [0.05, 0.1) is 0 Å². The Kier molecular flexibility index (Phi) is 8.46. The van der Waals surface area contributed by atoms with E-state index in [0.717, 1.165) is 0 Å². The Hall–Kier alpha value is 0.109. The Labute approximate surface area is 143 Å². The first-order chi connectivity index (χ1) is 11.0. The Morgan fingerprint density at radius 2 is 1.71 bits per heavy atom. The van der Waals surface area contributed by atoms with Crippen LogP contribution in [0.5, 0.6) is 0 Å². The Bertz CT molecular complexity index is 488. The third kappa shape index (κ3) is 5.83. The van der Waals surface area contributed by atoms with Gasteiger partial charge in [-0.25, -0.2) is 0 Å². The first kappa shape index (κ1) is 22.2. The number of hydrogen-bond donors (Lipinski definition) is 8. The number of aliphatic hydroxyl groups is 7. The zero-order valence-corrected chi connectivity index (χ0v) is 15.0.